The standard InChI is InChI=1S/C11H16O2SSi/c1-15(2,3)13-9-11(12)14-10-7-5-4-6-8-10/h4-8H,9H2,1-3H3. The zero-order chi connectivity index (χ0) is 11.3. The Morgan fingerprint density at radius 2 is 1.87 bits per heavy atom. The molecule has 0 N–H and O–H groups in total. The number of carbonyl (C=O) groups excluding carboxylic acids is 1. The third-order valence-electron chi connectivity index (χ3n) is 1.60. The van der Waals surface area contributed by atoms with E-state index >= 15 is 0 Å². The van der Waals surface area contributed by atoms with Crippen LogP contribution in [-0.2, 0) is 9.22 Å². The Bertz CT molecular complexity index is 319. The van der Waals surface area contributed by atoms with Gasteiger partial charge in [0.05, 0.1) is 0 Å². The van der Waals surface area contributed by atoms with Crippen molar-refractivity contribution in [1.82, 2.24) is 0 Å². The fourth-order valence-corrected chi connectivity index (χ4v) is 2.27. The van der Waals surface area contributed by atoms with Gasteiger partial charge in [-0.25, -0.2) is 0 Å². The van der Waals surface area contributed by atoms with Gasteiger partial charge in [0.25, 0.3) is 0 Å². The van der Waals surface area contributed by atoms with Crippen molar-refractivity contribution < 1.29 is 9.22 Å². The fourth-order valence-electron chi connectivity index (χ4n) is 0.925. The van der Waals surface area contributed by atoms with Crippen molar-refractivity contribution in [3.8, 4) is 0 Å². The minimum absolute atomic E-state index is 0.0728. The first kappa shape index (κ1) is 12.5. The van der Waals surface area contributed by atoms with Gasteiger partial charge in [-0.1, -0.05) is 18.2 Å². The maximum Gasteiger partial charge on any atom is 0.218 e. The predicted octanol–water partition coefficient (Wildman–Crippen LogP) is 3.16. The second kappa shape index (κ2) is 5.49. The molecular weight excluding hydrogens is 224 g/mol. The molecule has 0 aliphatic carbocycles. The van der Waals surface area contributed by atoms with Gasteiger partial charge in [0.2, 0.25) is 5.12 Å². The zero-order valence-corrected chi connectivity index (χ0v) is 11.1. The van der Waals surface area contributed by atoms with E-state index in [0.717, 1.165) is 4.90 Å². The lowest BCUT2D eigenvalue weighted by Crippen LogP contribution is -2.27. The van der Waals surface area contributed by atoms with Crippen LogP contribution in [0.4, 0.5) is 0 Å². The van der Waals surface area contributed by atoms with E-state index < -0.39 is 8.32 Å². The van der Waals surface area contributed by atoms with E-state index in [1.807, 2.05) is 30.3 Å². The summed E-state index contributed by atoms with van der Waals surface area (Å²) in [7, 11) is -1.57. The average Bonchev–Trinajstić information content (AvgIpc) is 2.15. The molecule has 4 heteroatoms. The van der Waals surface area contributed by atoms with Crippen molar-refractivity contribution in [2.24, 2.45) is 0 Å². The van der Waals surface area contributed by atoms with E-state index in [4.69, 9.17) is 4.43 Å². The molecule has 1 aromatic rings. The molecule has 15 heavy (non-hydrogen) atoms. The van der Waals surface area contributed by atoms with E-state index in [9.17, 15) is 4.79 Å². The Hall–Kier alpha value is -0.583. The Balaban J connectivity index is 2.38. The van der Waals surface area contributed by atoms with Crippen LogP contribution in [0, 0.1) is 0 Å². The SMILES string of the molecule is C[Si](C)(C)OCC(=O)Sc1ccccc1. The molecule has 82 valence electrons. The predicted molar refractivity (Wildman–Crippen MR) is 66.6 cm³/mol. The second-order valence-electron chi connectivity index (χ2n) is 4.19. The lowest BCUT2D eigenvalue weighted by atomic mass is 10.4. The molecule has 2 nitrogen and oxygen atoms in total. The Morgan fingerprint density at radius 3 is 2.40 bits per heavy atom. The number of hydrogen-bond acceptors (Lipinski definition) is 3. The van der Waals surface area contributed by atoms with E-state index in [1.165, 1.54) is 11.8 Å². The maximum atomic E-state index is 11.5. The summed E-state index contributed by atoms with van der Waals surface area (Å²) in [4.78, 5) is 12.5. The number of carbonyl (C=O) groups is 1. The quantitative estimate of drug-likeness (QED) is 0.597. The number of thioether (sulfide) groups is 1. The molecule has 0 aliphatic heterocycles. The molecule has 0 unspecified atom stereocenters. The summed E-state index contributed by atoms with van der Waals surface area (Å²) < 4.78 is 5.53. The molecule has 0 saturated carbocycles. The van der Waals surface area contributed by atoms with Crippen LogP contribution >= 0.6 is 11.8 Å². The molecule has 0 aliphatic rings. The summed E-state index contributed by atoms with van der Waals surface area (Å²) in [6.45, 7) is 6.45. The molecule has 0 atom stereocenters. The highest BCUT2D eigenvalue weighted by molar-refractivity contribution is 8.13. The first-order valence-corrected chi connectivity index (χ1v) is 9.09. The third-order valence-corrected chi connectivity index (χ3v) is 3.46. The van der Waals surface area contributed by atoms with E-state index in [0.29, 0.717) is 0 Å². The summed E-state index contributed by atoms with van der Waals surface area (Å²) in [5, 5.41) is 0.0728. The molecule has 1 aromatic carbocycles. The largest absolute Gasteiger partial charge is 0.409 e. The van der Waals surface area contributed by atoms with Gasteiger partial charge in [0.1, 0.15) is 6.61 Å². The molecule has 0 saturated heterocycles. The zero-order valence-electron chi connectivity index (χ0n) is 9.32. The van der Waals surface area contributed by atoms with Crippen molar-refractivity contribution >= 4 is 25.2 Å². The van der Waals surface area contributed by atoms with Crippen molar-refractivity contribution in [1.29, 1.82) is 0 Å². The molecule has 0 spiro atoms. The van der Waals surface area contributed by atoms with Crippen LogP contribution in [-0.4, -0.2) is 20.0 Å². The number of benzene rings is 1. The molecule has 0 fully saturated rings. The van der Waals surface area contributed by atoms with Crippen LogP contribution in [0.15, 0.2) is 35.2 Å². The monoisotopic (exact) mass is 240 g/mol. The average molecular weight is 240 g/mol. The van der Waals surface area contributed by atoms with Crippen LogP contribution in [0.3, 0.4) is 0 Å². The molecule has 0 aromatic heterocycles. The number of rotatable bonds is 4. The normalized spacial score (nSPS) is 11.4. The van der Waals surface area contributed by atoms with Crippen LogP contribution in [0.2, 0.25) is 19.6 Å². The van der Waals surface area contributed by atoms with Crippen LogP contribution < -0.4 is 0 Å². The Labute approximate surface area is 96.2 Å². The van der Waals surface area contributed by atoms with Gasteiger partial charge in [-0.15, -0.1) is 0 Å². The smallest absolute Gasteiger partial charge is 0.218 e. The van der Waals surface area contributed by atoms with Gasteiger partial charge in [-0.3, -0.25) is 4.79 Å². The second-order valence-corrected chi connectivity index (χ2v) is 9.83. The van der Waals surface area contributed by atoms with Gasteiger partial charge in [0, 0.05) is 4.90 Å². The highest BCUT2D eigenvalue weighted by atomic mass is 32.2. The van der Waals surface area contributed by atoms with Crippen LogP contribution in [0.25, 0.3) is 0 Å². The van der Waals surface area contributed by atoms with E-state index in [2.05, 4.69) is 19.6 Å². The summed E-state index contributed by atoms with van der Waals surface area (Å²) >= 11 is 1.24. The molecule has 0 heterocycles. The molecule has 0 radical (unpaired) electrons. The summed E-state index contributed by atoms with van der Waals surface area (Å²) in [5.41, 5.74) is 0. The number of hydrogen-bond donors (Lipinski definition) is 0. The van der Waals surface area contributed by atoms with Gasteiger partial charge in [-0.2, -0.15) is 0 Å². The van der Waals surface area contributed by atoms with Crippen molar-refractivity contribution in [3.05, 3.63) is 30.3 Å². The molecule has 0 amide bonds. The lowest BCUT2D eigenvalue weighted by Gasteiger charge is -2.15. The van der Waals surface area contributed by atoms with Gasteiger partial charge in [0.15, 0.2) is 8.32 Å². The van der Waals surface area contributed by atoms with Gasteiger partial charge in [-0.05, 0) is 43.5 Å². The highest BCUT2D eigenvalue weighted by Crippen LogP contribution is 2.18. The maximum absolute atomic E-state index is 11.5. The highest BCUT2D eigenvalue weighted by Gasteiger charge is 2.16. The minimum atomic E-state index is -1.57. The van der Waals surface area contributed by atoms with Crippen LogP contribution in [0.1, 0.15) is 0 Å². The Kier molecular flexibility index (Phi) is 4.57. The first-order chi connectivity index (χ1) is 6.97. The third kappa shape index (κ3) is 5.77. The summed E-state index contributed by atoms with van der Waals surface area (Å²) in [6.07, 6.45) is 0. The Morgan fingerprint density at radius 1 is 1.27 bits per heavy atom. The summed E-state index contributed by atoms with van der Waals surface area (Å²) in [5.74, 6) is 0. The molecule has 1 rings (SSSR count). The van der Waals surface area contributed by atoms with E-state index in [1.54, 1.807) is 0 Å². The van der Waals surface area contributed by atoms with Crippen molar-refractivity contribution in [2.75, 3.05) is 6.61 Å². The fraction of sp³-hybridized carbons (Fsp3) is 0.364. The lowest BCUT2D eigenvalue weighted by molar-refractivity contribution is -0.112. The molecule has 0 bridgehead atoms. The van der Waals surface area contributed by atoms with Crippen molar-refractivity contribution in [2.45, 2.75) is 24.5 Å². The van der Waals surface area contributed by atoms with E-state index in [-0.39, 0.29) is 11.7 Å². The van der Waals surface area contributed by atoms with Crippen LogP contribution in [0.5, 0.6) is 0 Å². The molecular formula is C11H16O2SSi. The first-order valence-electron chi connectivity index (χ1n) is 4.87. The summed E-state index contributed by atoms with van der Waals surface area (Å²) in [6, 6.07) is 9.64. The van der Waals surface area contributed by atoms with Gasteiger partial charge >= 0.3 is 0 Å². The minimum Gasteiger partial charge on any atom is -0.409 e. The topological polar surface area (TPSA) is 26.3 Å². The van der Waals surface area contributed by atoms with Gasteiger partial charge < -0.3 is 4.43 Å². The van der Waals surface area contributed by atoms with Crippen molar-refractivity contribution in [3.63, 3.8) is 0 Å².